The Morgan fingerprint density at radius 1 is 1.31 bits per heavy atom. The Kier molecular flexibility index (Phi) is 7.38. The number of hydrogen-bond acceptors (Lipinski definition) is 6. The van der Waals surface area contributed by atoms with Crippen molar-refractivity contribution in [2.75, 3.05) is 56.5 Å². The highest BCUT2D eigenvalue weighted by Crippen LogP contribution is 2.18. The van der Waals surface area contributed by atoms with Crippen molar-refractivity contribution in [3.8, 4) is 6.07 Å². The van der Waals surface area contributed by atoms with Crippen LogP contribution in [0.2, 0.25) is 0 Å². The second-order valence-corrected chi connectivity index (χ2v) is 7.95. The molecule has 0 bridgehead atoms. The number of nitriles is 1. The first-order chi connectivity index (χ1) is 12.4. The molecule has 26 heavy (non-hydrogen) atoms. The zero-order chi connectivity index (χ0) is 19.0. The summed E-state index contributed by atoms with van der Waals surface area (Å²) in [6.45, 7) is 4.46. The fourth-order valence-corrected chi connectivity index (χ4v) is 3.59. The molecule has 0 spiro atoms. The molecule has 0 unspecified atom stereocenters. The van der Waals surface area contributed by atoms with Gasteiger partial charge in [-0.3, -0.25) is 14.0 Å². The summed E-state index contributed by atoms with van der Waals surface area (Å²) in [6.07, 6.45) is 1.16. The van der Waals surface area contributed by atoms with E-state index in [0.717, 1.165) is 25.9 Å². The first-order valence-corrected chi connectivity index (χ1v) is 10.3. The number of morpholine rings is 1. The van der Waals surface area contributed by atoms with E-state index in [1.807, 2.05) is 6.07 Å². The SMILES string of the molecule is CS(=O)(=O)N(CCC(=O)NCCN1CCOCC1)c1ccc(C#N)cc1. The highest BCUT2D eigenvalue weighted by Gasteiger charge is 2.18. The summed E-state index contributed by atoms with van der Waals surface area (Å²) in [5.74, 6) is -0.194. The van der Waals surface area contributed by atoms with Gasteiger partial charge in [0.05, 0.1) is 36.8 Å². The zero-order valence-corrected chi connectivity index (χ0v) is 15.7. The minimum Gasteiger partial charge on any atom is -0.379 e. The lowest BCUT2D eigenvalue weighted by Crippen LogP contribution is -2.42. The van der Waals surface area contributed by atoms with Crippen molar-refractivity contribution < 1.29 is 17.9 Å². The second-order valence-electron chi connectivity index (χ2n) is 6.05. The minimum absolute atomic E-state index is 0.0497. The fraction of sp³-hybridized carbons (Fsp3) is 0.529. The minimum atomic E-state index is -3.52. The van der Waals surface area contributed by atoms with Crippen molar-refractivity contribution >= 4 is 21.6 Å². The molecule has 9 heteroatoms. The molecular formula is C17H24N4O4S. The third-order valence-corrected chi connectivity index (χ3v) is 5.27. The molecule has 1 heterocycles. The van der Waals surface area contributed by atoms with Crippen LogP contribution in [0.15, 0.2) is 24.3 Å². The predicted octanol–water partition coefficient (Wildman–Crippen LogP) is 0.163. The molecule has 1 amide bonds. The lowest BCUT2D eigenvalue weighted by molar-refractivity contribution is -0.120. The topological polar surface area (TPSA) is 103 Å². The molecule has 1 saturated heterocycles. The summed E-state index contributed by atoms with van der Waals surface area (Å²) in [5, 5.41) is 11.7. The van der Waals surface area contributed by atoms with Crippen LogP contribution in [0.5, 0.6) is 0 Å². The van der Waals surface area contributed by atoms with E-state index in [1.165, 1.54) is 4.31 Å². The van der Waals surface area contributed by atoms with Crippen LogP contribution < -0.4 is 9.62 Å². The van der Waals surface area contributed by atoms with E-state index < -0.39 is 10.0 Å². The number of nitrogens with zero attached hydrogens (tertiary/aromatic N) is 3. The van der Waals surface area contributed by atoms with Gasteiger partial charge in [-0.25, -0.2) is 8.42 Å². The number of nitrogens with one attached hydrogen (secondary N) is 1. The van der Waals surface area contributed by atoms with E-state index in [0.29, 0.717) is 31.0 Å². The van der Waals surface area contributed by atoms with E-state index >= 15 is 0 Å². The molecule has 0 saturated carbocycles. The molecule has 8 nitrogen and oxygen atoms in total. The first-order valence-electron chi connectivity index (χ1n) is 8.45. The van der Waals surface area contributed by atoms with E-state index in [4.69, 9.17) is 10.00 Å². The molecule has 1 aliphatic rings. The highest BCUT2D eigenvalue weighted by molar-refractivity contribution is 7.92. The number of carbonyl (C=O) groups is 1. The van der Waals surface area contributed by atoms with Crippen LogP contribution in [0.25, 0.3) is 0 Å². The number of benzene rings is 1. The number of anilines is 1. The standard InChI is InChI=1S/C17H24N4O4S/c1-26(23,24)21(16-4-2-15(14-18)3-5-16)8-6-17(22)19-7-9-20-10-12-25-13-11-20/h2-5H,6-13H2,1H3,(H,19,22). The Morgan fingerprint density at radius 2 is 1.96 bits per heavy atom. The lowest BCUT2D eigenvalue weighted by atomic mass is 10.2. The van der Waals surface area contributed by atoms with Crippen LogP contribution in [0.3, 0.4) is 0 Å². The lowest BCUT2D eigenvalue weighted by Gasteiger charge is -2.26. The van der Waals surface area contributed by atoms with E-state index in [1.54, 1.807) is 24.3 Å². The average Bonchev–Trinajstić information content (AvgIpc) is 2.62. The molecule has 2 rings (SSSR count). The van der Waals surface area contributed by atoms with Crippen molar-refractivity contribution in [3.05, 3.63) is 29.8 Å². The van der Waals surface area contributed by atoms with Gasteiger partial charge < -0.3 is 10.1 Å². The summed E-state index contributed by atoms with van der Waals surface area (Å²) in [6, 6.07) is 8.22. The van der Waals surface area contributed by atoms with Crippen LogP contribution >= 0.6 is 0 Å². The quantitative estimate of drug-likeness (QED) is 0.689. The van der Waals surface area contributed by atoms with Crippen LogP contribution in [0.1, 0.15) is 12.0 Å². The third kappa shape index (κ3) is 6.29. The van der Waals surface area contributed by atoms with Gasteiger partial charge in [0.1, 0.15) is 0 Å². The molecule has 0 radical (unpaired) electrons. The summed E-state index contributed by atoms with van der Waals surface area (Å²) < 4.78 is 30.5. The van der Waals surface area contributed by atoms with Gasteiger partial charge in [-0.1, -0.05) is 0 Å². The largest absolute Gasteiger partial charge is 0.379 e. The number of sulfonamides is 1. The molecule has 1 aromatic rings. The fourth-order valence-electron chi connectivity index (χ4n) is 2.66. The molecule has 1 fully saturated rings. The molecule has 1 aromatic carbocycles. The van der Waals surface area contributed by atoms with Crippen LogP contribution in [-0.2, 0) is 19.6 Å². The van der Waals surface area contributed by atoms with E-state index in [9.17, 15) is 13.2 Å². The number of ether oxygens (including phenoxy) is 1. The normalized spacial score (nSPS) is 15.2. The monoisotopic (exact) mass is 380 g/mol. The van der Waals surface area contributed by atoms with Crippen LogP contribution in [0.4, 0.5) is 5.69 Å². The van der Waals surface area contributed by atoms with Gasteiger partial charge in [0.2, 0.25) is 15.9 Å². The molecule has 0 atom stereocenters. The van der Waals surface area contributed by atoms with E-state index in [2.05, 4.69) is 10.2 Å². The van der Waals surface area contributed by atoms with Crippen molar-refractivity contribution in [2.45, 2.75) is 6.42 Å². The summed E-state index contributed by atoms with van der Waals surface area (Å²) in [7, 11) is -3.52. The average molecular weight is 380 g/mol. The predicted molar refractivity (Wildman–Crippen MR) is 98.2 cm³/mol. The van der Waals surface area contributed by atoms with Crippen LogP contribution in [0, 0.1) is 11.3 Å². The molecule has 0 aliphatic carbocycles. The molecule has 142 valence electrons. The van der Waals surface area contributed by atoms with Crippen molar-refractivity contribution in [1.29, 1.82) is 5.26 Å². The first kappa shape index (κ1) is 20.2. The van der Waals surface area contributed by atoms with Crippen molar-refractivity contribution in [1.82, 2.24) is 10.2 Å². The summed E-state index contributed by atoms with van der Waals surface area (Å²) in [5.41, 5.74) is 0.885. The number of carbonyl (C=O) groups excluding carboxylic acids is 1. The zero-order valence-electron chi connectivity index (χ0n) is 14.8. The maximum Gasteiger partial charge on any atom is 0.232 e. The number of hydrogen-bond donors (Lipinski definition) is 1. The van der Waals surface area contributed by atoms with Crippen molar-refractivity contribution in [3.63, 3.8) is 0 Å². The van der Waals surface area contributed by atoms with Gasteiger partial charge in [0.25, 0.3) is 0 Å². The highest BCUT2D eigenvalue weighted by atomic mass is 32.2. The van der Waals surface area contributed by atoms with Crippen LogP contribution in [-0.4, -0.2) is 71.4 Å². The Labute approximate surface area is 154 Å². The van der Waals surface area contributed by atoms with Gasteiger partial charge >= 0.3 is 0 Å². The number of amides is 1. The maximum absolute atomic E-state index is 12.0. The molecule has 1 aliphatic heterocycles. The molecule has 1 N–H and O–H groups in total. The van der Waals surface area contributed by atoms with E-state index in [-0.39, 0.29) is 18.9 Å². The number of rotatable bonds is 8. The summed E-state index contributed by atoms with van der Waals surface area (Å²) in [4.78, 5) is 14.2. The molecule has 0 aromatic heterocycles. The Bertz CT molecular complexity index is 737. The second kappa shape index (κ2) is 9.52. The van der Waals surface area contributed by atoms with Gasteiger partial charge in [-0.15, -0.1) is 0 Å². The van der Waals surface area contributed by atoms with Gasteiger partial charge in [-0.2, -0.15) is 5.26 Å². The van der Waals surface area contributed by atoms with Gasteiger partial charge in [-0.05, 0) is 24.3 Å². The third-order valence-electron chi connectivity index (χ3n) is 4.08. The Balaban J connectivity index is 1.84. The van der Waals surface area contributed by atoms with Crippen molar-refractivity contribution in [2.24, 2.45) is 0 Å². The maximum atomic E-state index is 12.0. The Hall–Kier alpha value is -2.15. The van der Waals surface area contributed by atoms with Gasteiger partial charge in [0.15, 0.2) is 0 Å². The Morgan fingerprint density at radius 3 is 2.54 bits per heavy atom. The summed E-state index contributed by atoms with van der Waals surface area (Å²) >= 11 is 0. The smallest absolute Gasteiger partial charge is 0.232 e. The van der Waals surface area contributed by atoms with Gasteiger partial charge in [0, 0.05) is 39.1 Å². The molecular weight excluding hydrogens is 356 g/mol.